The fourth-order valence-corrected chi connectivity index (χ4v) is 7.44. The van der Waals surface area contributed by atoms with Crippen LogP contribution in [0.15, 0.2) is 80.5 Å². The van der Waals surface area contributed by atoms with Crippen LogP contribution in [0.3, 0.4) is 0 Å². The smallest absolute Gasteiger partial charge is 0.330 e. The number of nitrogens with two attached hydrogens (primary N) is 1. The van der Waals surface area contributed by atoms with Gasteiger partial charge in [-0.05, 0) is 62.2 Å². The molecule has 0 aromatic rings. The van der Waals surface area contributed by atoms with Crippen molar-refractivity contribution in [2.45, 2.75) is 155 Å². The molecule has 9 atom stereocenters. The minimum atomic E-state index is -0.477. The summed E-state index contributed by atoms with van der Waals surface area (Å²) in [6.45, 7) is 18.7. The van der Waals surface area contributed by atoms with Crippen LogP contribution >= 0.6 is 0 Å². The lowest BCUT2D eigenvalue weighted by Gasteiger charge is -2.33. The summed E-state index contributed by atoms with van der Waals surface area (Å²) in [7, 11) is 0. The van der Waals surface area contributed by atoms with Gasteiger partial charge in [0, 0.05) is 50.7 Å². The van der Waals surface area contributed by atoms with Crippen LogP contribution < -0.4 is 5.73 Å². The Labute approximate surface area is 354 Å². The van der Waals surface area contributed by atoms with Gasteiger partial charge in [-0.25, -0.2) is 4.79 Å². The molecule has 0 heterocycles. The van der Waals surface area contributed by atoms with Crippen molar-refractivity contribution >= 4 is 11.9 Å². The monoisotopic (exact) mass is 820 g/mol. The maximum atomic E-state index is 11.8. The summed E-state index contributed by atoms with van der Waals surface area (Å²) >= 11 is 0. The number of nitrogens with zero attached hydrogens (tertiary/aromatic N) is 6. The van der Waals surface area contributed by atoms with Gasteiger partial charge in [0.25, 0.3) is 0 Å². The Morgan fingerprint density at radius 1 is 0.949 bits per heavy atom. The number of hydrogen-bond acceptors (Lipinski definition) is 13. The van der Waals surface area contributed by atoms with E-state index < -0.39 is 12.0 Å². The molecule has 13 heteroatoms. The molecule has 0 aromatic heterocycles. The zero-order chi connectivity index (χ0) is 43.0. The average Bonchev–Trinajstić information content (AvgIpc) is 3.25. The number of allylic oxidation sites excluding steroid dienone is 1. The third kappa shape index (κ3) is 17.3. The van der Waals surface area contributed by atoms with Gasteiger partial charge >= 0.3 is 11.9 Å². The van der Waals surface area contributed by atoms with Crippen molar-refractivity contribution in [1.29, 1.82) is 5.26 Å². The van der Waals surface area contributed by atoms with E-state index in [4.69, 9.17) is 45.1 Å². The molecular formula is C46H73N7O6. The number of rotatable bonds is 27. The molecule has 0 aromatic carbocycles. The molecule has 0 saturated heterocycles. The predicted molar refractivity (Wildman–Crippen MR) is 231 cm³/mol. The zero-order valence-corrected chi connectivity index (χ0v) is 36.8. The molecule has 3 aliphatic rings. The van der Waals surface area contributed by atoms with Crippen LogP contribution in [-0.2, 0) is 28.5 Å². The normalized spacial score (nSPS) is 25.5. The highest BCUT2D eigenvalue weighted by Gasteiger charge is 2.35. The molecule has 0 radical (unpaired) electrons. The lowest BCUT2D eigenvalue weighted by Crippen LogP contribution is -2.40. The lowest BCUT2D eigenvalue weighted by molar-refractivity contribution is -0.143. The molecule has 0 fully saturated rings. The van der Waals surface area contributed by atoms with Gasteiger partial charge in [0.2, 0.25) is 0 Å². The highest BCUT2D eigenvalue weighted by atomic mass is 16.5. The van der Waals surface area contributed by atoms with E-state index in [1.54, 1.807) is 6.92 Å². The fraction of sp³-hybridized carbons (Fsp3) is 0.717. The molecule has 0 bridgehead atoms. The molecule has 3 rings (SSSR count). The van der Waals surface area contributed by atoms with Gasteiger partial charge in [-0.2, -0.15) is 25.7 Å². The van der Waals surface area contributed by atoms with E-state index in [0.717, 1.165) is 74.5 Å². The van der Waals surface area contributed by atoms with Crippen LogP contribution in [0.4, 0.5) is 0 Å². The predicted octanol–water partition coefficient (Wildman–Crippen LogP) is 9.13. The molecule has 13 nitrogen and oxygen atoms in total. The first kappa shape index (κ1) is 49.4. The number of hydrogen-bond donors (Lipinski definition) is 1. The van der Waals surface area contributed by atoms with E-state index in [2.05, 4.69) is 58.2 Å². The minimum Gasteiger partial charge on any atom is -0.496 e. The molecular weight excluding hydrogens is 747 g/mol. The van der Waals surface area contributed by atoms with Crippen LogP contribution in [0, 0.1) is 29.1 Å². The Morgan fingerprint density at radius 3 is 2.25 bits per heavy atom. The fourth-order valence-electron chi connectivity index (χ4n) is 7.44. The summed E-state index contributed by atoms with van der Waals surface area (Å²) in [5.41, 5.74) is 7.96. The zero-order valence-electron chi connectivity index (χ0n) is 36.8. The van der Waals surface area contributed by atoms with E-state index >= 15 is 0 Å². The lowest BCUT2D eigenvalue weighted by atomic mass is 9.89. The summed E-state index contributed by atoms with van der Waals surface area (Å²) in [4.78, 5) is 25.7. The van der Waals surface area contributed by atoms with Crippen LogP contribution in [0.1, 0.15) is 119 Å². The molecule has 2 N–H and O–H groups in total. The molecule has 0 spiro atoms. The third-order valence-electron chi connectivity index (χ3n) is 11.5. The van der Waals surface area contributed by atoms with E-state index in [1.807, 2.05) is 24.3 Å². The Hall–Kier alpha value is -3.99. The highest BCUT2D eigenvalue weighted by molar-refractivity contribution is 5.81. The van der Waals surface area contributed by atoms with Gasteiger partial charge in [-0.1, -0.05) is 98.0 Å². The first-order chi connectivity index (χ1) is 28.6. The average molecular weight is 820 g/mol. The van der Waals surface area contributed by atoms with Gasteiger partial charge in [0.15, 0.2) is 0 Å². The third-order valence-corrected chi connectivity index (χ3v) is 11.5. The Morgan fingerprint density at radius 2 is 1.63 bits per heavy atom. The van der Waals surface area contributed by atoms with Crippen molar-refractivity contribution in [3.8, 4) is 6.07 Å². The van der Waals surface area contributed by atoms with Crippen molar-refractivity contribution in [2.75, 3.05) is 39.5 Å². The molecule has 0 saturated carbocycles. The van der Waals surface area contributed by atoms with E-state index in [9.17, 15) is 14.9 Å². The molecule has 9 unspecified atom stereocenters. The van der Waals surface area contributed by atoms with Crippen LogP contribution in [0.5, 0.6) is 0 Å². The summed E-state index contributed by atoms with van der Waals surface area (Å²) in [5.74, 6) is 0.497. The summed E-state index contributed by atoms with van der Waals surface area (Å²) in [6.07, 6.45) is 21.6. The van der Waals surface area contributed by atoms with Crippen molar-refractivity contribution in [2.24, 2.45) is 43.9 Å². The first-order valence-corrected chi connectivity index (χ1v) is 22.3. The second-order valence-corrected chi connectivity index (χ2v) is 16.1. The molecule has 0 amide bonds. The number of carbonyl (C=O) groups is 2. The Balaban J connectivity index is 1.92. The van der Waals surface area contributed by atoms with Crippen LogP contribution in [-0.4, -0.2) is 92.7 Å². The largest absolute Gasteiger partial charge is 0.496 e. The van der Waals surface area contributed by atoms with Crippen molar-refractivity contribution in [1.82, 2.24) is 4.90 Å². The van der Waals surface area contributed by atoms with Crippen molar-refractivity contribution in [3.05, 3.63) is 60.1 Å². The topological polar surface area (TPSA) is 174 Å². The van der Waals surface area contributed by atoms with Gasteiger partial charge in [0.1, 0.15) is 37.1 Å². The molecule has 328 valence electrons. The molecule has 3 aliphatic carbocycles. The second kappa shape index (κ2) is 27.7. The quantitative estimate of drug-likeness (QED) is 0.0367. The van der Waals surface area contributed by atoms with Crippen molar-refractivity contribution < 1.29 is 28.5 Å². The number of ether oxygens (including phenoxy) is 4. The van der Waals surface area contributed by atoms with Gasteiger partial charge < -0.3 is 24.7 Å². The Kier molecular flexibility index (Phi) is 23.2. The van der Waals surface area contributed by atoms with Crippen LogP contribution in [0.2, 0.25) is 0 Å². The van der Waals surface area contributed by atoms with Gasteiger partial charge in [-0.3, -0.25) is 9.69 Å². The minimum absolute atomic E-state index is 0.0159. The summed E-state index contributed by atoms with van der Waals surface area (Å²) < 4.78 is 24.1. The maximum absolute atomic E-state index is 11.8. The number of unbranched alkanes of at least 4 members (excludes halogenated alkanes) is 2. The molecule has 59 heavy (non-hydrogen) atoms. The second-order valence-electron chi connectivity index (χ2n) is 16.1. The number of azo groups is 2. The molecule has 0 aliphatic heterocycles. The number of carbonyl (C=O) groups excluding carboxylic acids is 2. The standard InChI is InChI=1S/C46H73N7O6/c1-8-14-16-34(10-3)31-58-43-29-42(52-50-40-20-18-37(48)27-36(40)30-47)44(59-32-35(11-4)17-15-9-2)28-41(43)51-49-39-21-19-38(26-33(39)7)53(22-24-56-45(54)12-5)23-25-57-46(55)13-6/h12,18-21,29,34-38,40-42,44H,5,8-11,13-17,22-28,31-32,48H2,1-4,6-7H3/b51-49+,52-50+. The number of esters is 2. The first-order valence-electron chi connectivity index (χ1n) is 22.3. The number of nitriles is 1. The summed E-state index contributed by atoms with van der Waals surface area (Å²) in [6, 6.07) is 1.03. The summed E-state index contributed by atoms with van der Waals surface area (Å²) in [5, 5.41) is 29.3. The van der Waals surface area contributed by atoms with Gasteiger partial charge in [0.05, 0.1) is 30.4 Å². The Bertz CT molecular complexity index is 1530. The van der Waals surface area contributed by atoms with Gasteiger partial charge in [-0.15, -0.1) is 0 Å². The van der Waals surface area contributed by atoms with E-state index in [1.165, 1.54) is 0 Å². The van der Waals surface area contributed by atoms with Crippen LogP contribution in [0.25, 0.3) is 0 Å². The highest BCUT2D eigenvalue weighted by Crippen LogP contribution is 2.32. The van der Waals surface area contributed by atoms with E-state index in [-0.39, 0.29) is 55.4 Å². The maximum Gasteiger partial charge on any atom is 0.330 e. The SMILES string of the molecule is C=CC(=O)OCCN(CCOC(=O)CC)C1C=CC(/N=N/C2CC(OCC(CC)CCCC)C(/N=N/C3C=CC(N)CC3C#N)C=C2OCC(CC)CCCC)=C(C)C1. The van der Waals surface area contributed by atoms with E-state index in [0.29, 0.717) is 63.8 Å². The van der Waals surface area contributed by atoms with Crippen molar-refractivity contribution in [3.63, 3.8) is 0 Å².